The molecule has 2 heterocycles. The van der Waals surface area contributed by atoms with Crippen LogP contribution in [0.5, 0.6) is 0 Å². The van der Waals surface area contributed by atoms with E-state index < -0.39 is 0 Å². The molecule has 7 heteroatoms. The fourth-order valence-corrected chi connectivity index (χ4v) is 3.23. The van der Waals surface area contributed by atoms with Crippen molar-refractivity contribution >= 4 is 23.2 Å². The minimum absolute atomic E-state index is 0.131. The Kier molecular flexibility index (Phi) is 5.61. The number of halogens is 1. The number of carbonyl (C=O) groups is 1. The van der Waals surface area contributed by atoms with Gasteiger partial charge in [0.2, 0.25) is 0 Å². The predicted molar refractivity (Wildman–Crippen MR) is 103 cm³/mol. The number of piperazine rings is 1. The summed E-state index contributed by atoms with van der Waals surface area (Å²) in [6.45, 7) is 7.21. The molecular formula is C19H23ClN4O2. The van der Waals surface area contributed by atoms with Crippen LogP contribution in [0.1, 0.15) is 24.3 Å². The number of nitrogens with zero attached hydrogens (tertiary/aromatic N) is 4. The van der Waals surface area contributed by atoms with Crippen molar-refractivity contribution in [3.8, 4) is 0 Å². The van der Waals surface area contributed by atoms with Gasteiger partial charge in [0.05, 0.1) is 0 Å². The molecule has 2 aromatic rings. The van der Waals surface area contributed by atoms with Gasteiger partial charge in [0.15, 0.2) is 0 Å². The van der Waals surface area contributed by atoms with Crippen molar-refractivity contribution in [3.05, 3.63) is 57.5 Å². The Balaban J connectivity index is 1.68. The van der Waals surface area contributed by atoms with E-state index in [4.69, 9.17) is 11.6 Å². The summed E-state index contributed by atoms with van der Waals surface area (Å²) in [4.78, 5) is 28.6. The zero-order valence-corrected chi connectivity index (χ0v) is 15.8. The lowest BCUT2D eigenvalue weighted by Crippen LogP contribution is -2.49. The third-order valence-corrected chi connectivity index (χ3v) is 4.60. The summed E-state index contributed by atoms with van der Waals surface area (Å²) in [7, 11) is 0. The maximum Gasteiger partial charge on any atom is 0.274 e. The molecule has 138 valence electrons. The molecule has 6 nitrogen and oxygen atoms in total. The predicted octanol–water partition coefficient (Wildman–Crippen LogP) is 2.52. The van der Waals surface area contributed by atoms with Crippen LogP contribution in [-0.4, -0.2) is 46.8 Å². The first-order valence-electron chi connectivity index (χ1n) is 8.82. The smallest absolute Gasteiger partial charge is 0.274 e. The van der Waals surface area contributed by atoms with Crippen molar-refractivity contribution in [2.75, 3.05) is 31.1 Å². The quantitative estimate of drug-likeness (QED) is 0.825. The fraction of sp³-hybridized carbons (Fsp3) is 0.421. The number of rotatable bonds is 4. The number of hydrogen-bond acceptors (Lipinski definition) is 4. The zero-order chi connectivity index (χ0) is 18.7. The van der Waals surface area contributed by atoms with E-state index in [-0.39, 0.29) is 17.4 Å². The lowest BCUT2D eigenvalue weighted by molar-refractivity contribution is 0.0737. The molecule has 0 unspecified atom stereocenters. The SMILES string of the molecule is CC(C)Cn1nc(C(=O)N2CCN(c3cccc(Cl)c3)CC2)ccc1=O. The Labute approximate surface area is 158 Å². The van der Waals surface area contributed by atoms with Crippen molar-refractivity contribution < 1.29 is 4.79 Å². The zero-order valence-electron chi connectivity index (χ0n) is 15.1. The molecule has 0 aliphatic carbocycles. The second kappa shape index (κ2) is 7.91. The minimum Gasteiger partial charge on any atom is -0.368 e. The van der Waals surface area contributed by atoms with E-state index in [2.05, 4.69) is 10.00 Å². The minimum atomic E-state index is -0.180. The molecule has 0 radical (unpaired) electrons. The second-order valence-corrected chi connectivity index (χ2v) is 7.33. The van der Waals surface area contributed by atoms with Gasteiger partial charge in [-0.3, -0.25) is 9.59 Å². The highest BCUT2D eigenvalue weighted by Gasteiger charge is 2.23. The van der Waals surface area contributed by atoms with E-state index in [0.29, 0.717) is 30.4 Å². The van der Waals surface area contributed by atoms with Gasteiger partial charge >= 0.3 is 0 Å². The van der Waals surface area contributed by atoms with E-state index >= 15 is 0 Å². The van der Waals surface area contributed by atoms with E-state index in [1.165, 1.54) is 16.8 Å². The molecule has 1 saturated heterocycles. The monoisotopic (exact) mass is 374 g/mol. The summed E-state index contributed by atoms with van der Waals surface area (Å²) >= 11 is 6.06. The van der Waals surface area contributed by atoms with Crippen LogP contribution in [0.15, 0.2) is 41.2 Å². The molecule has 1 aromatic heterocycles. The molecule has 3 rings (SSSR count). The summed E-state index contributed by atoms with van der Waals surface area (Å²) in [5.41, 5.74) is 1.20. The first-order chi connectivity index (χ1) is 12.4. The molecule has 0 saturated carbocycles. The van der Waals surface area contributed by atoms with E-state index in [0.717, 1.165) is 18.8 Å². The number of hydrogen-bond donors (Lipinski definition) is 0. The molecule has 1 aliphatic rings. The molecule has 1 aliphatic heterocycles. The van der Waals surface area contributed by atoms with Crippen LogP contribution in [0.4, 0.5) is 5.69 Å². The highest BCUT2D eigenvalue weighted by atomic mass is 35.5. The molecular weight excluding hydrogens is 352 g/mol. The molecule has 0 atom stereocenters. The molecule has 26 heavy (non-hydrogen) atoms. The topological polar surface area (TPSA) is 58.4 Å². The van der Waals surface area contributed by atoms with Crippen LogP contribution in [-0.2, 0) is 6.54 Å². The van der Waals surface area contributed by atoms with Crippen LogP contribution in [0, 0.1) is 5.92 Å². The molecule has 0 spiro atoms. The van der Waals surface area contributed by atoms with Gasteiger partial charge in [-0.2, -0.15) is 5.10 Å². The van der Waals surface area contributed by atoms with Crippen molar-refractivity contribution in [1.82, 2.24) is 14.7 Å². The lowest BCUT2D eigenvalue weighted by Gasteiger charge is -2.36. The van der Waals surface area contributed by atoms with Crippen LogP contribution in [0.3, 0.4) is 0 Å². The summed E-state index contributed by atoms with van der Waals surface area (Å²) in [6, 6.07) is 10.7. The molecule has 0 N–H and O–H groups in total. The Morgan fingerprint density at radius 2 is 1.88 bits per heavy atom. The average Bonchev–Trinajstić information content (AvgIpc) is 2.63. The number of anilines is 1. The summed E-state index contributed by atoms with van der Waals surface area (Å²) in [6.07, 6.45) is 0. The van der Waals surface area contributed by atoms with Crippen LogP contribution in [0.25, 0.3) is 0 Å². The Hall–Kier alpha value is -2.34. The normalized spacial score (nSPS) is 14.8. The summed E-state index contributed by atoms with van der Waals surface area (Å²) in [5.74, 6) is 0.153. The third-order valence-electron chi connectivity index (χ3n) is 4.36. The first-order valence-corrected chi connectivity index (χ1v) is 9.20. The Morgan fingerprint density at radius 1 is 1.15 bits per heavy atom. The van der Waals surface area contributed by atoms with Gasteiger partial charge in [-0.1, -0.05) is 31.5 Å². The van der Waals surface area contributed by atoms with E-state index in [1.807, 2.05) is 38.1 Å². The summed E-state index contributed by atoms with van der Waals surface area (Å²) in [5, 5.41) is 4.96. The van der Waals surface area contributed by atoms with Gasteiger partial charge in [-0.25, -0.2) is 4.68 Å². The molecule has 1 fully saturated rings. The largest absolute Gasteiger partial charge is 0.368 e. The van der Waals surface area contributed by atoms with Gasteiger partial charge in [-0.05, 0) is 30.2 Å². The molecule has 0 bridgehead atoms. The number of benzene rings is 1. The highest BCUT2D eigenvalue weighted by Crippen LogP contribution is 2.21. The number of aromatic nitrogens is 2. The Morgan fingerprint density at radius 3 is 2.54 bits per heavy atom. The number of amides is 1. The molecule has 1 amide bonds. The van der Waals surface area contributed by atoms with Gasteiger partial charge in [-0.15, -0.1) is 0 Å². The van der Waals surface area contributed by atoms with Gasteiger partial charge < -0.3 is 9.80 Å². The standard InChI is InChI=1S/C19H23ClN4O2/c1-14(2)13-24-18(25)7-6-17(21-24)19(26)23-10-8-22(9-11-23)16-5-3-4-15(20)12-16/h3-7,12,14H,8-11,13H2,1-2H3. The van der Waals surface area contributed by atoms with E-state index in [1.54, 1.807) is 4.90 Å². The maximum atomic E-state index is 12.8. The number of carbonyl (C=O) groups excluding carboxylic acids is 1. The fourth-order valence-electron chi connectivity index (χ4n) is 3.04. The van der Waals surface area contributed by atoms with Crippen molar-refractivity contribution in [2.45, 2.75) is 20.4 Å². The Bertz CT molecular complexity index is 841. The van der Waals surface area contributed by atoms with Crippen LogP contribution in [0.2, 0.25) is 5.02 Å². The van der Waals surface area contributed by atoms with Crippen molar-refractivity contribution in [1.29, 1.82) is 0 Å². The highest BCUT2D eigenvalue weighted by molar-refractivity contribution is 6.30. The summed E-state index contributed by atoms with van der Waals surface area (Å²) < 4.78 is 1.38. The van der Waals surface area contributed by atoms with Crippen LogP contribution >= 0.6 is 11.6 Å². The second-order valence-electron chi connectivity index (χ2n) is 6.89. The first kappa shape index (κ1) is 18.5. The van der Waals surface area contributed by atoms with E-state index in [9.17, 15) is 9.59 Å². The van der Waals surface area contributed by atoms with Crippen molar-refractivity contribution in [3.63, 3.8) is 0 Å². The van der Waals surface area contributed by atoms with Gasteiger partial charge in [0, 0.05) is 49.5 Å². The average molecular weight is 375 g/mol. The maximum absolute atomic E-state index is 12.8. The van der Waals surface area contributed by atoms with Crippen LogP contribution < -0.4 is 10.5 Å². The lowest BCUT2D eigenvalue weighted by atomic mass is 10.2. The van der Waals surface area contributed by atoms with Gasteiger partial charge in [0.25, 0.3) is 11.5 Å². The third kappa shape index (κ3) is 4.25. The van der Waals surface area contributed by atoms with Crippen molar-refractivity contribution in [2.24, 2.45) is 5.92 Å². The molecule has 1 aromatic carbocycles. The van der Waals surface area contributed by atoms with Gasteiger partial charge in [0.1, 0.15) is 5.69 Å².